The van der Waals surface area contributed by atoms with Crippen LogP contribution >= 0.6 is 0 Å². The summed E-state index contributed by atoms with van der Waals surface area (Å²) in [6, 6.07) is 0.315. The highest BCUT2D eigenvalue weighted by atomic mass is 15.3. The van der Waals surface area contributed by atoms with Crippen molar-refractivity contribution < 1.29 is 0 Å². The standard InChI is InChI=1S/C16H31N5/c1-5-15-14(12-19(4)18-15)16(10-17)21-8-6-20(7-9-21)11-13(2)3/h12-13,16H,5-11,17H2,1-4H3. The van der Waals surface area contributed by atoms with E-state index in [0.717, 1.165) is 38.5 Å². The van der Waals surface area contributed by atoms with Crippen LogP contribution in [0.4, 0.5) is 0 Å². The maximum absolute atomic E-state index is 6.09. The Morgan fingerprint density at radius 2 is 1.90 bits per heavy atom. The summed E-state index contributed by atoms with van der Waals surface area (Å²) in [5.41, 5.74) is 8.60. The fourth-order valence-electron chi connectivity index (χ4n) is 3.35. The van der Waals surface area contributed by atoms with E-state index in [-0.39, 0.29) is 0 Å². The summed E-state index contributed by atoms with van der Waals surface area (Å²) in [4.78, 5) is 5.10. The molecular formula is C16H31N5. The van der Waals surface area contributed by atoms with Gasteiger partial charge in [-0.05, 0) is 12.3 Å². The number of rotatable bonds is 6. The van der Waals surface area contributed by atoms with Gasteiger partial charge in [0.1, 0.15) is 0 Å². The molecule has 1 aromatic heterocycles. The molecule has 1 fully saturated rings. The van der Waals surface area contributed by atoms with E-state index in [1.54, 1.807) is 0 Å². The van der Waals surface area contributed by atoms with E-state index in [1.807, 2.05) is 11.7 Å². The summed E-state index contributed by atoms with van der Waals surface area (Å²) in [5, 5.41) is 4.57. The zero-order valence-corrected chi connectivity index (χ0v) is 14.0. The topological polar surface area (TPSA) is 50.3 Å². The molecule has 21 heavy (non-hydrogen) atoms. The molecule has 1 saturated heterocycles. The van der Waals surface area contributed by atoms with Crippen molar-refractivity contribution in [1.82, 2.24) is 19.6 Å². The van der Waals surface area contributed by atoms with Crippen LogP contribution < -0.4 is 5.73 Å². The van der Waals surface area contributed by atoms with Gasteiger partial charge in [0.05, 0.1) is 11.7 Å². The number of aromatic nitrogens is 2. The van der Waals surface area contributed by atoms with Crippen molar-refractivity contribution in [2.24, 2.45) is 18.7 Å². The van der Waals surface area contributed by atoms with Gasteiger partial charge in [0, 0.05) is 58.1 Å². The highest BCUT2D eigenvalue weighted by Crippen LogP contribution is 2.24. The van der Waals surface area contributed by atoms with Gasteiger partial charge in [-0.1, -0.05) is 20.8 Å². The van der Waals surface area contributed by atoms with E-state index in [1.165, 1.54) is 17.8 Å². The third-order valence-corrected chi connectivity index (χ3v) is 4.33. The molecule has 1 unspecified atom stereocenters. The van der Waals surface area contributed by atoms with Gasteiger partial charge >= 0.3 is 0 Å². The van der Waals surface area contributed by atoms with E-state index in [2.05, 4.69) is 41.9 Å². The predicted molar refractivity (Wildman–Crippen MR) is 87.2 cm³/mol. The summed E-state index contributed by atoms with van der Waals surface area (Å²) in [5.74, 6) is 0.742. The molecule has 0 radical (unpaired) electrons. The quantitative estimate of drug-likeness (QED) is 0.858. The van der Waals surface area contributed by atoms with Crippen molar-refractivity contribution in [2.45, 2.75) is 33.2 Å². The van der Waals surface area contributed by atoms with Gasteiger partial charge in [0.25, 0.3) is 0 Å². The van der Waals surface area contributed by atoms with Gasteiger partial charge < -0.3 is 10.6 Å². The molecule has 1 atom stereocenters. The molecular weight excluding hydrogens is 262 g/mol. The van der Waals surface area contributed by atoms with Crippen LogP contribution in [-0.2, 0) is 13.5 Å². The van der Waals surface area contributed by atoms with Crippen molar-refractivity contribution in [1.29, 1.82) is 0 Å². The highest BCUT2D eigenvalue weighted by Gasteiger charge is 2.26. The second-order valence-electron chi connectivity index (χ2n) is 6.54. The average Bonchev–Trinajstić information content (AvgIpc) is 2.82. The lowest BCUT2D eigenvalue weighted by molar-refractivity contribution is 0.0909. The van der Waals surface area contributed by atoms with Gasteiger partial charge in [-0.2, -0.15) is 5.10 Å². The zero-order chi connectivity index (χ0) is 15.4. The number of hydrogen-bond acceptors (Lipinski definition) is 4. The van der Waals surface area contributed by atoms with Crippen molar-refractivity contribution in [3.63, 3.8) is 0 Å². The lowest BCUT2D eigenvalue weighted by Gasteiger charge is -2.39. The van der Waals surface area contributed by atoms with Crippen LogP contribution in [0.25, 0.3) is 0 Å². The minimum absolute atomic E-state index is 0.315. The second-order valence-corrected chi connectivity index (χ2v) is 6.54. The molecule has 2 heterocycles. The minimum atomic E-state index is 0.315. The molecule has 0 saturated carbocycles. The number of hydrogen-bond donors (Lipinski definition) is 1. The summed E-state index contributed by atoms with van der Waals surface area (Å²) in [6.45, 7) is 13.1. The average molecular weight is 293 g/mol. The Labute approximate surface area is 129 Å². The van der Waals surface area contributed by atoms with Gasteiger partial charge in [-0.3, -0.25) is 9.58 Å². The normalized spacial score (nSPS) is 19.3. The summed E-state index contributed by atoms with van der Waals surface area (Å²) >= 11 is 0. The number of piperazine rings is 1. The van der Waals surface area contributed by atoms with E-state index in [9.17, 15) is 0 Å². The molecule has 0 spiro atoms. The molecule has 0 amide bonds. The van der Waals surface area contributed by atoms with E-state index >= 15 is 0 Å². The van der Waals surface area contributed by atoms with Crippen LogP contribution in [0.3, 0.4) is 0 Å². The summed E-state index contributed by atoms with van der Waals surface area (Å²) < 4.78 is 1.92. The largest absolute Gasteiger partial charge is 0.329 e. The third-order valence-electron chi connectivity index (χ3n) is 4.33. The third kappa shape index (κ3) is 4.05. The first-order valence-corrected chi connectivity index (χ1v) is 8.24. The molecule has 0 bridgehead atoms. The molecule has 2 rings (SSSR count). The predicted octanol–water partition coefficient (Wildman–Crippen LogP) is 1.26. The van der Waals surface area contributed by atoms with Crippen molar-refractivity contribution >= 4 is 0 Å². The molecule has 120 valence electrons. The first-order valence-electron chi connectivity index (χ1n) is 8.24. The van der Waals surface area contributed by atoms with Gasteiger partial charge in [0.15, 0.2) is 0 Å². The van der Waals surface area contributed by atoms with E-state index in [4.69, 9.17) is 5.73 Å². The Hall–Kier alpha value is -0.910. The lowest BCUT2D eigenvalue weighted by atomic mass is 10.0. The van der Waals surface area contributed by atoms with Crippen molar-refractivity contribution in [3.05, 3.63) is 17.5 Å². The molecule has 5 nitrogen and oxygen atoms in total. The lowest BCUT2D eigenvalue weighted by Crippen LogP contribution is -2.49. The monoisotopic (exact) mass is 293 g/mol. The first kappa shape index (κ1) is 16.5. The Kier molecular flexibility index (Phi) is 5.79. The number of aryl methyl sites for hydroxylation is 2. The smallest absolute Gasteiger partial charge is 0.0670 e. The SMILES string of the molecule is CCc1nn(C)cc1C(CN)N1CCN(CC(C)C)CC1. The van der Waals surface area contributed by atoms with E-state index in [0.29, 0.717) is 12.6 Å². The number of nitrogens with two attached hydrogens (primary N) is 1. The van der Waals surface area contributed by atoms with Gasteiger partial charge in [-0.15, -0.1) is 0 Å². The maximum Gasteiger partial charge on any atom is 0.0670 e. The molecule has 5 heteroatoms. The fourth-order valence-corrected chi connectivity index (χ4v) is 3.35. The molecule has 1 aromatic rings. The van der Waals surface area contributed by atoms with Crippen molar-refractivity contribution in [2.75, 3.05) is 39.3 Å². The Bertz CT molecular complexity index is 432. The van der Waals surface area contributed by atoms with Gasteiger partial charge in [-0.25, -0.2) is 0 Å². The fraction of sp³-hybridized carbons (Fsp3) is 0.812. The molecule has 0 aromatic carbocycles. The van der Waals surface area contributed by atoms with Crippen LogP contribution in [0.5, 0.6) is 0 Å². The summed E-state index contributed by atoms with van der Waals surface area (Å²) in [7, 11) is 2.00. The van der Waals surface area contributed by atoms with Crippen molar-refractivity contribution in [3.8, 4) is 0 Å². The summed E-state index contributed by atoms with van der Waals surface area (Å²) in [6.07, 6.45) is 3.12. The maximum atomic E-state index is 6.09. The minimum Gasteiger partial charge on any atom is -0.329 e. The van der Waals surface area contributed by atoms with Crippen LogP contribution in [0, 0.1) is 5.92 Å². The zero-order valence-electron chi connectivity index (χ0n) is 14.0. The Balaban J connectivity index is 2.02. The van der Waals surface area contributed by atoms with Crippen LogP contribution in [0.15, 0.2) is 6.20 Å². The molecule has 1 aliphatic heterocycles. The Morgan fingerprint density at radius 3 is 2.43 bits per heavy atom. The molecule has 0 aliphatic carbocycles. The molecule has 1 aliphatic rings. The highest BCUT2D eigenvalue weighted by molar-refractivity contribution is 5.22. The molecule has 2 N–H and O–H groups in total. The first-order chi connectivity index (χ1) is 10.0. The van der Waals surface area contributed by atoms with Crippen LogP contribution in [0.1, 0.15) is 38.1 Å². The second kappa shape index (κ2) is 7.38. The number of nitrogens with zero attached hydrogens (tertiary/aromatic N) is 4. The van der Waals surface area contributed by atoms with Gasteiger partial charge in [0.2, 0.25) is 0 Å². The Morgan fingerprint density at radius 1 is 1.24 bits per heavy atom. The van der Waals surface area contributed by atoms with Crippen LogP contribution in [-0.4, -0.2) is 58.8 Å². The van der Waals surface area contributed by atoms with E-state index < -0.39 is 0 Å². The van der Waals surface area contributed by atoms with Crippen LogP contribution in [0.2, 0.25) is 0 Å².